The van der Waals surface area contributed by atoms with Crippen molar-refractivity contribution >= 4 is 11.6 Å². The minimum atomic E-state index is 0.0374. The van der Waals surface area contributed by atoms with Gasteiger partial charge < -0.3 is 11.1 Å². The number of benzene rings is 1. The maximum absolute atomic E-state index is 11.7. The molecule has 0 atom stereocenters. The number of nitrogens with zero attached hydrogens (tertiary/aromatic N) is 2. The molecule has 0 saturated carbocycles. The van der Waals surface area contributed by atoms with Crippen LogP contribution in [0.4, 0.5) is 5.69 Å². The molecule has 3 N–H and O–H groups in total. The summed E-state index contributed by atoms with van der Waals surface area (Å²) >= 11 is 0. The molecule has 0 radical (unpaired) electrons. The quantitative estimate of drug-likeness (QED) is 0.765. The fraction of sp³-hybridized carbons (Fsp3) is 0.286. The number of carbonyl (C=O) groups is 1. The van der Waals surface area contributed by atoms with Gasteiger partial charge in [0.15, 0.2) is 0 Å². The SMILES string of the molecule is Nc1ccccc1CCC(=O)NCCn1cccn1. The molecule has 19 heavy (non-hydrogen) atoms. The largest absolute Gasteiger partial charge is 0.399 e. The Labute approximate surface area is 112 Å². The third-order valence-electron chi connectivity index (χ3n) is 2.90. The van der Waals surface area contributed by atoms with Crippen molar-refractivity contribution < 1.29 is 4.79 Å². The van der Waals surface area contributed by atoms with E-state index in [2.05, 4.69) is 10.4 Å². The van der Waals surface area contributed by atoms with Crippen LogP contribution in [0.2, 0.25) is 0 Å². The molecule has 1 aromatic carbocycles. The van der Waals surface area contributed by atoms with E-state index in [4.69, 9.17) is 5.73 Å². The predicted octanol–water partition coefficient (Wildman–Crippen LogP) is 1.21. The van der Waals surface area contributed by atoms with E-state index in [1.54, 1.807) is 10.9 Å². The van der Waals surface area contributed by atoms with E-state index in [-0.39, 0.29) is 5.91 Å². The minimum Gasteiger partial charge on any atom is -0.399 e. The summed E-state index contributed by atoms with van der Waals surface area (Å²) in [5.41, 5.74) is 7.59. The van der Waals surface area contributed by atoms with Gasteiger partial charge >= 0.3 is 0 Å². The zero-order valence-corrected chi connectivity index (χ0v) is 10.7. The van der Waals surface area contributed by atoms with Crippen LogP contribution in [0.15, 0.2) is 42.7 Å². The van der Waals surface area contributed by atoms with Crippen LogP contribution in [0.25, 0.3) is 0 Å². The van der Waals surface area contributed by atoms with Gasteiger partial charge in [-0.1, -0.05) is 18.2 Å². The molecule has 0 unspecified atom stereocenters. The molecule has 1 amide bonds. The van der Waals surface area contributed by atoms with Gasteiger partial charge in [0.05, 0.1) is 6.54 Å². The second-order valence-electron chi connectivity index (χ2n) is 4.32. The van der Waals surface area contributed by atoms with E-state index in [0.717, 1.165) is 11.3 Å². The Morgan fingerprint density at radius 3 is 2.89 bits per heavy atom. The van der Waals surface area contributed by atoms with Crippen LogP contribution in [0.1, 0.15) is 12.0 Å². The third-order valence-corrected chi connectivity index (χ3v) is 2.90. The van der Waals surface area contributed by atoms with Gasteiger partial charge in [-0.2, -0.15) is 5.10 Å². The summed E-state index contributed by atoms with van der Waals surface area (Å²) in [7, 11) is 0. The summed E-state index contributed by atoms with van der Waals surface area (Å²) in [5, 5.41) is 6.94. The second-order valence-corrected chi connectivity index (χ2v) is 4.32. The summed E-state index contributed by atoms with van der Waals surface area (Å²) in [6.45, 7) is 1.27. The zero-order valence-electron chi connectivity index (χ0n) is 10.7. The first kappa shape index (κ1) is 13.1. The lowest BCUT2D eigenvalue weighted by Crippen LogP contribution is -2.27. The van der Waals surface area contributed by atoms with E-state index in [1.165, 1.54) is 0 Å². The third kappa shape index (κ3) is 4.13. The molecule has 2 rings (SSSR count). The highest BCUT2D eigenvalue weighted by molar-refractivity contribution is 5.76. The number of aryl methyl sites for hydroxylation is 1. The topological polar surface area (TPSA) is 72.9 Å². The van der Waals surface area contributed by atoms with Gasteiger partial charge in [-0.3, -0.25) is 9.48 Å². The highest BCUT2D eigenvalue weighted by atomic mass is 16.1. The summed E-state index contributed by atoms with van der Waals surface area (Å²) in [5.74, 6) is 0.0374. The van der Waals surface area contributed by atoms with Gasteiger partial charge in [-0.15, -0.1) is 0 Å². The summed E-state index contributed by atoms with van der Waals surface area (Å²) in [4.78, 5) is 11.7. The van der Waals surface area contributed by atoms with Gasteiger partial charge in [-0.25, -0.2) is 0 Å². The summed E-state index contributed by atoms with van der Waals surface area (Å²) in [6.07, 6.45) is 4.71. The van der Waals surface area contributed by atoms with Crippen LogP contribution in [0, 0.1) is 0 Å². The Balaban J connectivity index is 1.69. The van der Waals surface area contributed by atoms with Crippen LogP contribution in [0.3, 0.4) is 0 Å². The van der Waals surface area contributed by atoms with Crippen molar-refractivity contribution in [3.8, 4) is 0 Å². The van der Waals surface area contributed by atoms with Crippen LogP contribution in [-0.4, -0.2) is 22.2 Å². The Morgan fingerprint density at radius 1 is 1.32 bits per heavy atom. The first-order valence-electron chi connectivity index (χ1n) is 6.33. The van der Waals surface area contributed by atoms with Gasteiger partial charge in [-0.05, 0) is 24.1 Å². The molecular formula is C14H18N4O. The fourth-order valence-corrected chi connectivity index (χ4v) is 1.84. The normalized spacial score (nSPS) is 10.3. The monoisotopic (exact) mass is 258 g/mol. The molecule has 0 aliphatic heterocycles. The molecule has 0 spiro atoms. The molecule has 0 saturated heterocycles. The van der Waals surface area contributed by atoms with Gasteiger partial charge in [0, 0.05) is 31.0 Å². The van der Waals surface area contributed by atoms with Crippen molar-refractivity contribution in [1.29, 1.82) is 0 Å². The van der Waals surface area contributed by atoms with Crippen molar-refractivity contribution in [2.45, 2.75) is 19.4 Å². The van der Waals surface area contributed by atoms with E-state index in [9.17, 15) is 4.79 Å². The highest BCUT2D eigenvalue weighted by Crippen LogP contribution is 2.12. The van der Waals surface area contributed by atoms with Crippen molar-refractivity contribution in [3.05, 3.63) is 48.3 Å². The molecule has 2 aromatic rings. The number of aromatic nitrogens is 2. The molecule has 0 aliphatic rings. The van der Waals surface area contributed by atoms with Gasteiger partial charge in [0.25, 0.3) is 0 Å². The van der Waals surface area contributed by atoms with Crippen LogP contribution in [0.5, 0.6) is 0 Å². The smallest absolute Gasteiger partial charge is 0.220 e. The number of carbonyl (C=O) groups excluding carboxylic acids is 1. The molecule has 5 heteroatoms. The Kier molecular flexibility index (Phi) is 4.55. The number of anilines is 1. The van der Waals surface area contributed by atoms with E-state index >= 15 is 0 Å². The summed E-state index contributed by atoms with van der Waals surface area (Å²) in [6, 6.07) is 9.49. The van der Waals surface area contributed by atoms with Crippen LogP contribution < -0.4 is 11.1 Å². The maximum Gasteiger partial charge on any atom is 0.220 e. The summed E-state index contributed by atoms with van der Waals surface area (Å²) < 4.78 is 1.79. The number of hydrogen-bond donors (Lipinski definition) is 2. The average molecular weight is 258 g/mol. The van der Waals surface area contributed by atoms with Gasteiger partial charge in [0.2, 0.25) is 5.91 Å². The molecule has 1 heterocycles. The number of para-hydroxylation sites is 1. The van der Waals surface area contributed by atoms with Crippen LogP contribution >= 0.6 is 0 Å². The Hall–Kier alpha value is -2.30. The average Bonchev–Trinajstić information content (AvgIpc) is 2.91. The second kappa shape index (κ2) is 6.58. The molecule has 1 aromatic heterocycles. The minimum absolute atomic E-state index is 0.0374. The van der Waals surface area contributed by atoms with E-state index in [0.29, 0.717) is 25.9 Å². The molecule has 5 nitrogen and oxygen atoms in total. The highest BCUT2D eigenvalue weighted by Gasteiger charge is 2.03. The number of rotatable bonds is 6. The lowest BCUT2D eigenvalue weighted by atomic mass is 10.1. The first-order chi connectivity index (χ1) is 9.25. The van der Waals surface area contributed by atoms with Crippen molar-refractivity contribution in [1.82, 2.24) is 15.1 Å². The standard InChI is InChI=1S/C14H18N4O/c15-13-5-2-1-4-12(13)6-7-14(19)16-9-11-18-10-3-8-17-18/h1-5,8,10H,6-7,9,11,15H2,(H,16,19). The number of nitrogens with two attached hydrogens (primary N) is 1. The van der Waals surface area contributed by atoms with Gasteiger partial charge in [0.1, 0.15) is 0 Å². The number of hydrogen-bond acceptors (Lipinski definition) is 3. The Bertz CT molecular complexity index is 522. The van der Waals surface area contributed by atoms with Crippen LogP contribution in [-0.2, 0) is 17.8 Å². The zero-order chi connectivity index (χ0) is 13.5. The lowest BCUT2D eigenvalue weighted by Gasteiger charge is -2.07. The molecular weight excluding hydrogens is 240 g/mol. The first-order valence-corrected chi connectivity index (χ1v) is 6.33. The maximum atomic E-state index is 11.7. The number of nitrogen functional groups attached to an aromatic ring is 1. The fourth-order valence-electron chi connectivity index (χ4n) is 1.84. The molecule has 0 bridgehead atoms. The molecule has 0 aliphatic carbocycles. The Morgan fingerprint density at radius 2 is 2.16 bits per heavy atom. The van der Waals surface area contributed by atoms with E-state index in [1.807, 2.05) is 36.5 Å². The molecule has 100 valence electrons. The van der Waals surface area contributed by atoms with Crippen molar-refractivity contribution in [2.24, 2.45) is 0 Å². The lowest BCUT2D eigenvalue weighted by molar-refractivity contribution is -0.121. The van der Waals surface area contributed by atoms with Crippen molar-refractivity contribution in [3.63, 3.8) is 0 Å². The predicted molar refractivity (Wildman–Crippen MR) is 74.4 cm³/mol. The number of nitrogens with one attached hydrogen (secondary N) is 1. The van der Waals surface area contributed by atoms with Crippen molar-refractivity contribution in [2.75, 3.05) is 12.3 Å². The molecule has 0 fully saturated rings. The van der Waals surface area contributed by atoms with E-state index < -0.39 is 0 Å². The number of amides is 1.